The zero-order valence-electron chi connectivity index (χ0n) is 12.2. The van der Waals surface area contributed by atoms with Crippen molar-refractivity contribution in [3.63, 3.8) is 0 Å². The summed E-state index contributed by atoms with van der Waals surface area (Å²) in [7, 11) is 0. The third-order valence-electron chi connectivity index (χ3n) is 3.03. The molecule has 0 bridgehead atoms. The molecule has 0 aliphatic carbocycles. The van der Waals surface area contributed by atoms with Gasteiger partial charge in [-0.3, -0.25) is 9.59 Å². The lowest BCUT2D eigenvalue weighted by Gasteiger charge is -2.11. The summed E-state index contributed by atoms with van der Waals surface area (Å²) in [4.78, 5) is 23.4. The smallest absolute Gasteiger partial charge is 0.344 e. The monoisotopic (exact) mass is 356 g/mol. The van der Waals surface area contributed by atoms with Gasteiger partial charge in [0, 0.05) is 12.2 Å². The van der Waals surface area contributed by atoms with Crippen molar-refractivity contribution in [2.75, 3.05) is 5.32 Å². The molecule has 2 rings (SSSR count). The van der Waals surface area contributed by atoms with Crippen molar-refractivity contribution in [1.29, 1.82) is 0 Å². The zero-order valence-corrected chi connectivity index (χ0v) is 12.9. The summed E-state index contributed by atoms with van der Waals surface area (Å²) >= 11 is 5.49. The lowest BCUT2D eigenvalue weighted by molar-refractivity contribution is -0.137. The molecular weight excluding hydrogens is 345 g/mol. The molecule has 2 N–H and O–H groups in total. The molecule has 8 heteroatoms. The van der Waals surface area contributed by atoms with E-state index >= 15 is 0 Å². The highest BCUT2D eigenvalue weighted by molar-refractivity contribution is 6.39. The van der Waals surface area contributed by atoms with Gasteiger partial charge < -0.3 is 10.6 Å². The van der Waals surface area contributed by atoms with E-state index in [0.29, 0.717) is 6.07 Å². The van der Waals surface area contributed by atoms with Crippen LogP contribution in [0.5, 0.6) is 0 Å². The first-order chi connectivity index (χ1) is 11.3. The molecule has 0 aliphatic heterocycles. The number of alkyl halides is 3. The zero-order chi connectivity index (χ0) is 17.7. The molecule has 0 aromatic heterocycles. The van der Waals surface area contributed by atoms with Crippen molar-refractivity contribution < 1.29 is 22.8 Å². The number of rotatable bonds is 3. The molecule has 0 saturated heterocycles. The van der Waals surface area contributed by atoms with Crippen molar-refractivity contribution in [3.05, 3.63) is 64.7 Å². The Morgan fingerprint density at radius 3 is 2.29 bits per heavy atom. The normalized spacial score (nSPS) is 11.0. The van der Waals surface area contributed by atoms with Crippen LogP contribution in [0.4, 0.5) is 18.9 Å². The summed E-state index contributed by atoms with van der Waals surface area (Å²) in [5, 5.41) is 3.99. The van der Waals surface area contributed by atoms with Crippen LogP contribution in [0.1, 0.15) is 11.1 Å². The maximum atomic E-state index is 12.8. The molecule has 2 amide bonds. The highest BCUT2D eigenvalue weighted by atomic mass is 35.5. The lowest BCUT2D eigenvalue weighted by Crippen LogP contribution is -2.35. The van der Waals surface area contributed by atoms with E-state index in [1.807, 2.05) is 0 Å². The third kappa shape index (κ3) is 4.73. The van der Waals surface area contributed by atoms with Gasteiger partial charge in [0.25, 0.3) is 0 Å². The van der Waals surface area contributed by atoms with E-state index in [2.05, 4.69) is 10.6 Å². The van der Waals surface area contributed by atoms with Gasteiger partial charge in [0.1, 0.15) is 0 Å². The number of hydrogen-bond donors (Lipinski definition) is 2. The van der Waals surface area contributed by atoms with E-state index in [9.17, 15) is 22.8 Å². The number of hydrogen-bond acceptors (Lipinski definition) is 2. The van der Waals surface area contributed by atoms with Crippen LogP contribution >= 0.6 is 11.6 Å². The predicted octanol–water partition coefficient (Wildman–Crippen LogP) is 3.61. The maximum absolute atomic E-state index is 12.8. The Morgan fingerprint density at radius 1 is 1.00 bits per heavy atom. The Kier molecular flexibility index (Phi) is 5.46. The molecule has 0 atom stereocenters. The fourth-order valence-corrected chi connectivity index (χ4v) is 2.09. The fourth-order valence-electron chi connectivity index (χ4n) is 1.87. The van der Waals surface area contributed by atoms with Gasteiger partial charge in [0.2, 0.25) is 0 Å². The van der Waals surface area contributed by atoms with Crippen LogP contribution in [0.2, 0.25) is 5.02 Å². The summed E-state index contributed by atoms with van der Waals surface area (Å²) in [6.07, 6.45) is -4.66. The number of carbonyl (C=O) groups is 2. The fraction of sp³-hybridized carbons (Fsp3) is 0.125. The van der Waals surface area contributed by atoms with E-state index in [-0.39, 0.29) is 12.2 Å². The molecule has 24 heavy (non-hydrogen) atoms. The van der Waals surface area contributed by atoms with Gasteiger partial charge >= 0.3 is 18.0 Å². The lowest BCUT2D eigenvalue weighted by atomic mass is 10.2. The summed E-state index contributed by atoms with van der Waals surface area (Å²) in [5.74, 6) is -2.02. The van der Waals surface area contributed by atoms with Crippen LogP contribution in [-0.2, 0) is 22.3 Å². The predicted molar refractivity (Wildman–Crippen MR) is 83.4 cm³/mol. The van der Waals surface area contributed by atoms with Crippen molar-refractivity contribution in [2.45, 2.75) is 12.7 Å². The van der Waals surface area contributed by atoms with E-state index in [1.165, 1.54) is 6.07 Å². The summed E-state index contributed by atoms with van der Waals surface area (Å²) in [6.45, 7) is 0.127. The third-order valence-corrected chi connectivity index (χ3v) is 3.36. The Balaban J connectivity index is 2.00. The van der Waals surface area contributed by atoms with Gasteiger partial charge in [-0.05, 0) is 23.8 Å². The minimum atomic E-state index is -4.66. The van der Waals surface area contributed by atoms with Gasteiger partial charge in [-0.15, -0.1) is 0 Å². The van der Waals surface area contributed by atoms with Gasteiger partial charge in [-0.2, -0.15) is 13.2 Å². The molecule has 0 heterocycles. The maximum Gasteiger partial charge on any atom is 0.417 e. The molecule has 126 valence electrons. The van der Waals surface area contributed by atoms with Crippen LogP contribution in [-0.4, -0.2) is 11.8 Å². The highest BCUT2D eigenvalue weighted by Gasteiger charge is 2.33. The van der Waals surface area contributed by atoms with Crippen LogP contribution < -0.4 is 10.6 Å². The van der Waals surface area contributed by atoms with Gasteiger partial charge in [-0.1, -0.05) is 41.9 Å². The highest BCUT2D eigenvalue weighted by Crippen LogP contribution is 2.36. The van der Waals surface area contributed by atoms with Gasteiger partial charge in [0.15, 0.2) is 0 Å². The molecule has 2 aromatic rings. The molecule has 0 spiro atoms. The average Bonchev–Trinajstić information content (AvgIpc) is 2.54. The standard InChI is InChI=1S/C16H12ClF3N2O2/c17-13-7-6-11(8-12(13)16(18,19)20)22-15(24)14(23)21-9-10-4-2-1-3-5-10/h1-8H,9H2,(H,21,23)(H,22,24). The van der Waals surface area contributed by atoms with E-state index in [0.717, 1.165) is 11.6 Å². The Bertz CT molecular complexity index is 749. The Morgan fingerprint density at radius 2 is 1.67 bits per heavy atom. The molecule has 0 unspecified atom stereocenters. The van der Waals surface area contributed by atoms with Gasteiger partial charge in [-0.25, -0.2) is 0 Å². The van der Waals surface area contributed by atoms with E-state index in [1.54, 1.807) is 30.3 Å². The first-order valence-electron chi connectivity index (χ1n) is 6.77. The molecule has 0 fully saturated rings. The minimum Gasteiger partial charge on any atom is -0.344 e. The topological polar surface area (TPSA) is 58.2 Å². The van der Waals surface area contributed by atoms with Crippen LogP contribution in [0, 0.1) is 0 Å². The number of benzene rings is 2. The van der Waals surface area contributed by atoms with Gasteiger partial charge in [0.05, 0.1) is 10.6 Å². The second-order valence-corrected chi connectivity index (χ2v) is 5.22. The van der Waals surface area contributed by atoms with Crippen LogP contribution in [0.15, 0.2) is 48.5 Å². The number of nitrogens with one attached hydrogen (secondary N) is 2. The largest absolute Gasteiger partial charge is 0.417 e. The molecule has 4 nitrogen and oxygen atoms in total. The van der Waals surface area contributed by atoms with Crippen LogP contribution in [0.25, 0.3) is 0 Å². The molecule has 0 radical (unpaired) electrons. The molecule has 0 aliphatic rings. The average molecular weight is 357 g/mol. The quantitative estimate of drug-likeness (QED) is 0.825. The number of halogens is 4. The first-order valence-corrected chi connectivity index (χ1v) is 7.15. The minimum absolute atomic E-state index is 0.127. The Hall–Kier alpha value is -2.54. The number of carbonyl (C=O) groups excluding carboxylic acids is 2. The summed E-state index contributed by atoms with van der Waals surface area (Å²) < 4.78 is 38.3. The van der Waals surface area contributed by atoms with Crippen molar-refractivity contribution in [3.8, 4) is 0 Å². The molecular formula is C16H12ClF3N2O2. The van der Waals surface area contributed by atoms with E-state index in [4.69, 9.17) is 11.6 Å². The van der Waals surface area contributed by atoms with E-state index < -0.39 is 28.6 Å². The Labute approximate surface area is 140 Å². The SMILES string of the molecule is O=C(NCc1ccccc1)C(=O)Nc1ccc(Cl)c(C(F)(F)F)c1. The molecule has 2 aromatic carbocycles. The van der Waals surface area contributed by atoms with Crippen molar-refractivity contribution in [2.24, 2.45) is 0 Å². The second kappa shape index (κ2) is 7.35. The summed E-state index contributed by atoms with van der Waals surface area (Å²) in [5.41, 5.74) is -0.484. The number of anilines is 1. The first kappa shape index (κ1) is 17.8. The molecule has 0 saturated carbocycles. The second-order valence-electron chi connectivity index (χ2n) is 4.81. The van der Waals surface area contributed by atoms with Crippen molar-refractivity contribution in [1.82, 2.24) is 5.32 Å². The van der Waals surface area contributed by atoms with Crippen LogP contribution in [0.3, 0.4) is 0 Å². The van der Waals surface area contributed by atoms with Crippen molar-refractivity contribution >= 4 is 29.1 Å². The summed E-state index contributed by atoms with van der Waals surface area (Å²) in [6, 6.07) is 11.7. The number of amides is 2.